The SMILES string of the molecule is COC(=O)NC(CCc1ccccc1)C(C=O)CO. The van der Waals surface area contributed by atoms with Crippen LogP contribution in [-0.2, 0) is 16.0 Å². The highest BCUT2D eigenvalue weighted by Crippen LogP contribution is 2.11. The predicted molar refractivity (Wildman–Crippen MR) is 70.7 cm³/mol. The number of aliphatic hydroxyl groups excluding tert-OH is 1. The molecule has 1 rings (SSSR count). The number of hydrogen-bond acceptors (Lipinski definition) is 4. The first-order chi connectivity index (χ1) is 9.21. The van der Waals surface area contributed by atoms with Crippen LogP contribution in [0.5, 0.6) is 0 Å². The van der Waals surface area contributed by atoms with Gasteiger partial charge in [0.15, 0.2) is 0 Å². The zero-order valence-corrected chi connectivity index (χ0v) is 10.9. The summed E-state index contributed by atoms with van der Waals surface area (Å²) in [6.07, 6.45) is 1.33. The maximum Gasteiger partial charge on any atom is 0.407 e. The Bertz CT molecular complexity index is 394. The molecule has 0 bridgehead atoms. The summed E-state index contributed by atoms with van der Waals surface area (Å²) in [5.74, 6) is -0.622. The molecular formula is C14H19NO4. The third kappa shape index (κ3) is 5.09. The number of hydrogen-bond donors (Lipinski definition) is 2. The van der Waals surface area contributed by atoms with Crippen LogP contribution in [0.4, 0.5) is 4.79 Å². The van der Waals surface area contributed by atoms with Gasteiger partial charge in [-0.05, 0) is 18.4 Å². The summed E-state index contributed by atoms with van der Waals surface area (Å²) >= 11 is 0. The Labute approximate surface area is 112 Å². The van der Waals surface area contributed by atoms with E-state index in [2.05, 4.69) is 10.1 Å². The van der Waals surface area contributed by atoms with Gasteiger partial charge in [0, 0.05) is 6.04 Å². The molecular weight excluding hydrogens is 246 g/mol. The molecule has 0 aliphatic heterocycles. The lowest BCUT2D eigenvalue weighted by molar-refractivity contribution is -0.113. The first-order valence-corrected chi connectivity index (χ1v) is 6.15. The Kier molecular flexibility index (Phi) is 6.60. The minimum absolute atomic E-state index is 0.299. The first kappa shape index (κ1) is 15.2. The molecule has 19 heavy (non-hydrogen) atoms. The summed E-state index contributed by atoms with van der Waals surface area (Å²) in [6.45, 7) is -0.299. The second kappa shape index (κ2) is 8.26. The van der Waals surface area contributed by atoms with Crippen LogP contribution < -0.4 is 5.32 Å². The van der Waals surface area contributed by atoms with Crippen molar-refractivity contribution in [2.24, 2.45) is 5.92 Å². The van der Waals surface area contributed by atoms with E-state index in [9.17, 15) is 9.59 Å². The van der Waals surface area contributed by atoms with Crippen LogP contribution in [0.15, 0.2) is 30.3 Å². The Morgan fingerprint density at radius 3 is 2.63 bits per heavy atom. The smallest absolute Gasteiger partial charge is 0.407 e. The van der Waals surface area contributed by atoms with E-state index in [1.807, 2.05) is 30.3 Å². The Hall–Kier alpha value is -1.88. The molecule has 0 radical (unpaired) electrons. The first-order valence-electron chi connectivity index (χ1n) is 6.15. The minimum Gasteiger partial charge on any atom is -0.453 e. The van der Waals surface area contributed by atoms with Crippen LogP contribution in [0, 0.1) is 5.92 Å². The van der Waals surface area contributed by atoms with E-state index in [0.717, 1.165) is 5.56 Å². The Balaban J connectivity index is 2.62. The van der Waals surface area contributed by atoms with Gasteiger partial charge in [-0.3, -0.25) is 0 Å². The highest BCUT2D eigenvalue weighted by molar-refractivity contribution is 5.68. The largest absolute Gasteiger partial charge is 0.453 e. The zero-order valence-electron chi connectivity index (χ0n) is 10.9. The molecule has 5 heteroatoms. The fourth-order valence-electron chi connectivity index (χ4n) is 1.84. The lowest BCUT2D eigenvalue weighted by Gasteiger charge is -2.22. The summed E-state index contributed by atoms with van der Waals surface area (Å²) in [5, 5.41) is 11.7. The molecule has 0 saturated heterocycles. The number of amides is 1. The number of aldehydes is 1. The van der Waals surface area contributed by atoms with Gasteiger partial charge in [-0.25, -0.2) is 4.79 Å². The summed E-state index contributed by atoms with van der Waals surface area (Å²) in [6, 6.07) is 9.31. The van der Waals surface area contributed by atoms with Crippen molar-refractivity contribution in [3.8, 4) is 0 Å². The van der Waals surface area contributed by atoms with E-state index in [4.69, 9.17) is 5.11 Å². The molecule has 2 N–H and O–H groups in total. The topological polar surface area (TPSA) is 75.6 Å². The van der Waals surface area contributed by atoms with Gasteiger partial charge in [-0.15, -0.1) is 0 Å². The van der Waals surface area contributed by atoms with Crippen LogP contribution in [0.1, 0.15) is 12.0 Å². The molecule has 0 aromatic heterocycles. The Morgan fingerprint density at radius 1 is 1.42 bits per heavy atom. The van der Waals surface area contributed by atoms with Gasteiger partial charge in [0.2, 0.25) is 0 Å². The van der Waals surface area contributed by atoms with E-state index >= 15 is 0 Å². The summed E-state index contributed by atoms with van der Waals surface area (Å²) in [4.78, 5) is 22.1. The third-order valence-corrected chi connectivity index (χ3v) is 2.98. The maximum atomic E-state index is 11.2. The van der Waals surface area contributed by atoms with Gasteiger partial charge in [0.25, 0.3) is 0 Å². The number of nitrogens with one attached hydrogen (secondary N) is 1. The minimum atomic E-state index is -0.622. The quantitative estimate of drug-likeness (QED) is 0.725. The zero-order chi connectivity index (χ0) is 14.1. The number of aliphatic hydroxyl groups is 1. The fourth-order valence-corrected chi connectivity index (χ4v) is 1.84. The molecule has 1 aromatic rings. The fraction of sp³-hybridized carbons (Fsp3) is 0.429. The molecule has 0 heterocycles. The van der Waals surface area contributed by atoms with Crippen molar-refractivity contribution in [2.45, 2.75) is 18.9 Å². The van der Waals surface area contributed by atoms with E-state index < -0.39 is 18.1 Å². The number of rotatable bonds is 7. The Morgan fingerprint density at radius 2 is 2.11 bits per heavy atom. The molecule has 0 aliphatic rings. The molecule has 2 atom stereocenters. The summed E-state index contributed by atoms with van der Waals surface area (Å²) in [5.41, 5.74) is 1.11. The summed E-state index contributed by atoms with van der Waals surface area (Å²) in [7, 11) is 1.26. The average Bonchev–Trinajstić information content (AvgIpc) is 2.46. The molecule has 5 nitrogen and oxygen atoms in total. The number of benzene rings is 1. The number of carbonyl (C=O) groups is 2. The van der Waals surface area contributed by atoms with Crippen molar-refractivity contribution in [2.75, 3.05) is 13.7 Å². The second-order valence-electron chi connectivity index (χ2n) is 4.25. The molecule has 1 amide bonds. The number of aryl methyl sites for hydroxylation is 1. The van der Waals surface area contributed by atoms with Gasteiger partial charge < -0.3 is 20.0 Å². The molecule has 1 aromatic carbocycles. The lowest BCUT2D eigenvalue weighted by Crippen LogP contribution is -2.42. The third-order valence-electron chi connectivity index (χ3n) is 2.98. The van der Waals surface area contributed by atoms with E-state index in [1.165, 1.54) is 7.11 Å². The predicted octanol–water partition coefficient (Wildman–Crippen LogP) is 1.15. The van der Waals surface area contributed by atoms with Crippen molar-refractivity contribution >= 4 is 12.4 Å². The highest BCUT2D eigenvalue weighted by atomic mass is 16.5. The van der Waals surface area contributed by atoms with Gasteiger partial charge in [-0.2, -0.15) is 0 Å². The molecule has 2 unspecified atom stereocenters. The van der Waals surface area contributed by atoms with Gasteiger partial charge in [0.05, 0.1) is 19.6 Å². The van der Waals surface area contributed by atoms with Gasteiger partial charge in [-0.1, -0.05) is 30.3 Å². The van der Waals surface area contributed by atoms with Crippen LogP contribution in [0.3, 0.4) is 0 Å². The van der Waals surface area contributed by atoms with Crippen molar-refractivity contribution in [1.82, 2.24) is 5.32 Å². The molecule has 0 aliphatic carbocycles. The van der Waals surface area contributed by atoms with Crippen molar-refractivity contribution < 1.29 is 19.4 Å². The molecule has 0 fully saturated rings. The van der Waals surface area contributed by atoms with Crippen LogP contribution in [0.2, 0.25) is 0 Å². The van der Waals surface area contributed by atoms with Gasteiger partial charge >= 0.3 is 6.09 Å². The summed E-state index contributed by atoms with van der Waals surface area (Å²) < 4.78 is 4.52. The highest BCUT2D eigenvalue weighted by Gasteiger charge is 2.22. The normalized spacial score (nSPS) is 13.4. The van der Waals surface area contributed by atoms with Crippen molar-refractivity contribution in [3.05, 3.63) is 35.9 Å². The number of ether oxygens (including phenoxy) is 1. The molecule has 0 saturated carbocycles. The van der Waals surface area contributed by atoms with E-state index in [-0.39, 0.29) is 6.61 Å². The standard InChI is InChI=1S/C14H19NO4/c1-19-14(18)15-13(12(9-16)10-17)8-7-11-5-3-2-4-6-11/h2-6,9,12-13,17H,7-8,10H2,1H3,(H,15,18). The van der Waals surface area contributed by atoms with Crippen molar-refractivity contribution in [1.29, 1.82) is 0 Å². The van der Waals surface area contributed by atoms with E-state index in [0.29, 0.717) is 19.1 Å². The molecule has 0 spiro atoms. The lowest BCUT2D eigenvalue weighted by atomic mass is 9.95. The maximum absolute atomic E-state index is 11.2. The molecule has 104 valence electrons. The van der Waals surface area contributed by atoms with Crippen LogP contribution >= 0.6 is 0 Å². The monoisotopic (exact) mass is 265 g/mol. The average molecular weight is 265 g/mol. The van der Waals surface area contributed by atoms with E-state index in [1.54, 1.807) is 0 Å². The van der Waals surface area contributed by atoms with Crippen LogP contribution in [-0.4, -0.2) is 37.2 Å². The number of methoxy groups -OCH3 is 1. The van der Waals surface area contributed by atoms with Crippen molar-refractivity contribution in [3.63, 3.8) is 0 Å². The number of carbonyl (C=O) groups excluding carboxylic acids is 2. The van der Waals surface area contributed by atoms with Crippen LogP contribution in [0.25, 0.3) is 0 Å². The second-order valence-corrected chi connectivity index (χ2v) is 4.25. The van der Waals surface area contributed by atoms with Gasteiger partial charge in [0.1, 0.15) is 6.29 Å². The number of alkyl carbamates (subject to hydrolysis) is 1.